The fraction of sp³-hybridized carbons (Fsp3) is 0.417. The van der Waals surface area contributed by atoms with Gasteiger partial charge in [0.15, 0.2) is 0 Å². The number of amides is 2. The summed E-state index contributed by atoms with van der Waals surface area (Å²) in [5.41, 5.74) is 2.79. The number of sulfonamides is 1. The Bertz CT molecular complexity index is 1100. The highest BCUT2D eigenvalue weighted by molar-refractivity contribution is 7.93. The molecule has 2 amide bonds. The molecule has 2 aromatic rings. The molecule has 2 aliphatic rings. The van der Waals surface area contributed by atoms with E-state index in [2.05, 4.69) is 10.0 Å². The van der Waals surface area contributed by atoms with E-state index in [1.54, 1.807) is 23.1 Å². The molecule has 1 heterocycles. The average molecular weight is 472 g/mol. The van der Waals surface area contributed by atoms with Gasteiger partial charge in [-0.25, -0.2) is 8.42 Å². The molecule has 2 N–H and O–H groups in total. The third-order valence-electron chi connectivity index (χ3n) is 6.04. The summed E-state index contributed by atoms with van der Waals surface area (Å²) in [6, 6.07) is 14.5. The summed E-state index contributed by atoms with van der Waals surface area (Å²) in [5, 5.41) is 2.45. The Morgan fingerprint density at radius 3 is 2.58 bits per heavy atom. The molecule has 0 spiro atoms. The van der Waals surface area contributed by atoms with E-state index in [0.29, 0.717) is 37.2 Å². The molecule has 9 heteroatoms. The van der Waals surface area contributed by atoms with Crippen molar-refractivity contribution in [2.24, 2.45) is 0 Å². The molecule has 4 rings (SSSR count). The first kappa shape index (κ1) is 23.3. The molecular weight excluding hydrogens is 442 g/mol. The van der Waals surface area contributed by atoms with Gasteiger partial charge in [-0.2, -0.15) is 0 Å². The fourth-order valence-corrected chi connectivity index (χ4v) is 5.76. The van der Waals surface area contributed by atoms with Gasteiger partial charge in [0.25, 0.3) is 5.91 Å². The van der Waals surface area contributed by atoms with Crippen molar-refractivity contribution in [2.75, 3.05) is 31.1 Å². The van der Waals surface area contributed by atoms with Crippen LogP contribution in [0.25, 0.3) is 11.1 Å². The van der Waals surface area contributed by atoms with Gasteiger partial charge in [0.05, 0.1) is 18.3 Å². The Morgan fingerprint density at radius 1 is 1.06 bits per heavy atom. The second kappa shape index (κ2) is 10.4. The molecule has 176 valence electrons. The summed E-state index contributed by atoms with van der Waals surface area (Å²) in [6.45, 7) is 1.17. The first-order chi connectivity index (χ1) is 15.9. The van der Waals surface area contributed by atoms with Crippen LogP contribution in [-0.2, 0) is 19.6 Å². The van der Waals surface area contributed by atoms with E-state index in [-0.39, 0.29) is 36.8 Å². The van der Waals surface area contributed by atoms with E-state index in [0.717, 1.165) is 24.0 Å². The predicted molar refractivity (Wildman–Crippen MR) is 126 cm³/mol. The van der Waals surface area contributed by atoms with Crippen LogP contribution in [0.1, 0.15) is 42.5 Å². The van der Waals surface area contributed by atoms with Crippen molar-refractivity contribution in [3.63, 3.8) is 0 Å². The van der Waals surface area contributed by atoms with E-state index in [4.69, 9.17) is 4.74 Å². The van der Waals surface area contributed by atoms with Crippen molar-refractivity contribution >= 4 is 27.5 Å². The molecular formula is C24H29N3O5S. The summed E-state index contributed by atoms with van der Waals surface area (Å²) in [5.74, 6) is -0.253. The van der Waals surface area contributed by atoms with Crippen LogP contribution >= 0.6 is 0 Å². The minimum atomic E-state index is -3.39. The molecule has 1 saturated heterocycles. The Hall–Kier alpha value is -2.91. The van der Waals surface area contributed by atoms with Crippen molar-refractivity contribution in [3.05, 3.63) is 54.1 Å². The molecule has 0 aromatic heterocycles. The highest BCUT2D eigenvalue weighted by Crippen LogP contribution is 2.28. The van der Waals surface area contributed by atoms with Crippen LogP contribution in [0.2, 0.25) is 0 Å². The van der Waals surface area contributed by atoms with Crippen molar-refractivity contribution < 1.29 is 22.7 Å². The van der Waals surface area contributed by atoms with E-state index in [1.807, 2.05) is 30.3 Å². The first-order valence-electron chi connectivity index (χ1n) is 11.3. The Morgan fingerprint density at radius 2 is 1.82 bits per heavy atom. The van der Waals surface area contributed by atoms with Crippen LogP contribution in [0.4, 0.5) is 5.69 Å². The number of hydrogen-bond acceptors (Lipinski definition) is 5. The second-order valence-corrected chi connectivity index (χ2v) is 10.4. The Kier molecular flexibility index (Phi) is 7.29. The maximum atomic E-state index is 12.9. The van der Waals surface area contributed by atoms with Crippen LogP contribution in [-0.4, -0.2) is 56.8 Å². The highest BCUT2D eigenvalue weighted by Gasteiger charge is 2.28. The molecule has 33 heavy (non-hydrogen) atoms. The lowest BCUT2D eigenvalue weighted by Crippen LogP contribution is -2.38. The monoisotopic (exact) mass is 471 g/mol. The van der Waals surface area contributed by atoms with Crippen molar-refractivity contribution in [1.29, 1.82) is 0 Å². The van der Waals surface area contributed by atoms with Gasteiger partial charge in [-0.05, 0) is 48.2 Å². The van der Waals surface area contributed by atoms with Crippen molar-refractivity contribution in [3.8, 4) is 11.1 Å². The lowest BCUT2D eigenvalue weighted by Gasteiger charge is -2.21. The SMILES string of the molecule is O=C1CCOCN(C(=O)c2ccc(-c3cccc(NS(=O)(=O)C4CCCC4)c3)cc2)CCN1. The Balaban J connectivity index is 1.45. The maximum Gasteiger partial charge on any atom is 0.255 e. The molecule has 1 aliphatic carbocycles. The van der Waals surface area contributed by atoms with Gasteiger partial charge in [-0.3, -0.25) is 14.3 Å². The number of hydrogen-bond donors (Lipinski definition) is 2. The molecule has 1 aliphatic heterocycles. The average Bonchev–Trinajstić information content (AvgIpc) is 3.38. The van der Waals surface area contributed by atoms with Crippen molar-refractivity contribution in [1.82, 2.24) is 10.2 Å². The minimum absolute atomic E-state index is 0.0820. The number of ether oxygens (including phenoxy) is 1. The van der Waals surface area contributed by atoms with E-state index < -0.39 is 10.0 Å². The molecule has 0 atom stereocenters. The van der Waals surface area contributed by atoms with Crippen LogP contribution in [0.3, 0.4) is 0 Å². The quantitative estimate of drug-likeness (QED) is 0.698. The Labute approximate surface area is 194 Å². The lowest BCUT2D eigenvalue weighted by atomic mass is 10.0. The number of benzene rings is 2. The topological polar surface area (TPSA) is 105 Å². The fourth-order valence-electron chi connectivity index (χ4n) is 4.18. The van der Waals surface area contributed by atoms with Crippen LogP contribution in [0.15, 0.2) is 48.5 Å². The van der Waals surface area contributed by atoms with Gasteiger partial charge >= 0.3 is 0 Å². The summed E-state index contributed by atoms with van der Waals surface area (Å²) in [6.07, 6.45) is 3.61. The van der Waals surface area contributed by atoms with E-state index in [9.17, 15) is 18.0 Å². The van der Waals surface area contributed by atoms with Gasteiger partial charge < -0.3 is 15.0 Å². The van der Waals surface area contributed by atoms with Gasteiger partial charge in [-0.1, -0.05) is 37.1 Å². The number of nitrogens with zero attached hydrogens (tertiary/aromatic N) is 1. The summed E-state index contributed by atoms with van der Waals surface area (Å²) >= 11 is 0. The lowest BCUT2D eigenvalue weighted by molar-refractivity contribution is -0.121. The summed E-state index contributed by atoms with van der Waals surface area (Å²) < 4.78 is 33.4. The molecule has 0 radical (unpaired) electrons. The van der Waals surface area contributed by atoms with E-state index >= 15 is 0 Å². The summed E-state index contributed by atoms with van der Waals surface area (Å²) in [4.78, 5) is 26.0. The summed E-state index contributed by atoms with van der Waals surface area (Å²) in [7, 11) is -3.39. The number of anilines is 1. The molecule has 0 bridgehead atoms. The largest absolute Gasteiger partial charge is 0.360 e. The second-order valence-electron chi connectivity index (χ2n) is 8.42. The smallest absolute Gasteiger partial charge is 0.255 e. The van der Waals surface area contributed by atoms with Gasteiger partial charge in [-0.15, -0.1) is 0 Å². The number of carbonyl (C=O) groups is 2. The zero-order valence-corrected chi connectivity index (χ0v) is 19.3. The number of carbonyl (C=O) groups excluding carboxylic acids is 2. The highest BCUT2D eigenvalue weighted by atomic mass is 32.2. The molecule has 1 saturated carbocycles. The van der Waals surface area contributed by atoms with Crippen LogP contribution < -0.4 is 10.0 Å². The normalized spacial score (nSPS) is 18.2. The van der Waals surface area contributed by atoms with Crippen LogP contribution in [0, 0.1) is 0 Å². The maximum absolute atomic E-state index is 12.9. The standard InChI is InChI=1S/C24H29N3O5S/c28-23-12-15-32-17-27(14-13-25-23)24(29)19-10-8-18(9-11-19)20-4-3-5-21(16-20)26-33(30,31)22-6-1-2-7-22/h3-5,8-11,16,22,26H,1-2,6-7,12-15,17H2,(H,25,28). The molecule has 0 unspecified atom stereocenters. The zero-order chi connectivity index (χ0) is 23.3. The number of nitrogens with one attached hydrogen (secondary N) is 2. The van der Waals surface area contributed by atoms with Gasteiger partial charge in [0.1, 0.15) is 6.73 Å². The van der Waals surface area contributed by atoms with Crippen molar-refractivity contribution in [2.45, 2.75) is 37.4 Å². The zero-order valence-electron chi connectivity index (χ0n) is 18.5. The van der Waals surface area contributed by atoms with E-state index in [1.165, 1.54) is 0 Å². The first-order valence-corrected chi connectivity index (χ1v) is 12.8. The molecule has 8 nitrogen and oxygen atoms in total. The third-order valence-corrected chi connectivity index (χ3v) is 7.91. The molecule has 2 aromatic carbocycles. The van der Waals surface area contributed by atoms with Gasteiger partial charge in [0, 0.05) is 24.3 Å². The predicted octanol–water partition coefficient (Wildman–Crippen LogP) is 2.97. The third kappa shape index (κ3) is 5.91. The van der Waals surface area contributed by atoms with Gasteiger partial charge in [0.2, 0.25) is 15.9 Å². The van der Waals surface area contributed by atoms with Crippen LogP contribution in [0.5, 0.6) is 0 Å². The minimum Gasteiger partial charge on any atom is -0.360 e. The number of rotatable bonds is 5. The molecule has 2 fully saturated rings.